The first kappa shape index (κ1) is 11.7. The molecule has 1 rings (SSSR count). The van der Waals surface area contributed by atoms with Gasteiger partial charge in [-0.1, -0.05) is 11.6 Å². The van der Waals surface area contributed by atoms with E-state index in [4.69, 9.17) is 23.1 Å². The highest BCUT2D eigenvalue weighted by Crippen LogP contribution is 2.26. The SMILES string of the molecule is CCN(CC(N)=O)c1cc(Cl)ccc1N. The van der Waals surface area contributed by atoms with E-state index in [0.717, 1.165) is 5.69 Å². The van der Waals surface area contributed by atoms with E-state index in [1.54, 1.807) is 23.1 Å². The first-order valence-electron chi connectivity index (χ1n) is 4.63. The molecule has 5 heteroatoms. The van der Waals surface area contributed by atoms with Crippen molar-refractivity contribution in [2.75, 3.05) is 23.7 Å². The van der Waals surface area contributed by atoms with Gasteiger partial charge in [-0.05, 0) is 25.1 Å². The Morgan fingerprint density at radius 3 is 2.73 bits per heavy atom. The predicted octanol–water partition coefficient (Wildman–Crippen LogP) is 1.23. The highest BCUT2D eigenvalue weighted by molar-refractivity contribution is 6.31. The third-order valence-corrected chi connectivity index (χ3v) is 2.30. The van der Waals surface area contributed by atoms with Crippen LogP contribution in [0, 0.1) is 0 Å². The molecule has 0 radical (unpaired) electrons. The second-order valence-corrected chi connectivity index (χ2v) is 3.62. The van der Waals surface area contributed by atoms with Crippen molar-refractivity contribution < 1.29 is 4.79 Å². The molecular weight excluding hydrogens is 214 g/mol. The van der Waals surface area contributed by atoms with Crippen LogP contribution < -0.4 is 16.4 Å². The van der Waals surface area contributed by atoms with Gasteiger partial charge in [0.25, 0.3) is 0 Å². The van der Waals surface area contributed by atoms with Crippen LogP contribution >= 0.6 is 11.6 Å². The molecule has 82 valence electrons. The molecule has 0 bridgehead atoms. The minimum absolute atomic E-state index is 0.140. The zero-order valence-corrected chi connectivity index (χ0v) is 9.29. The average Bonchev–Trinajstić information content (AvgIpc) is 2.18. The molecule has 0 spiro atoms. The van der Waals surface area contributed by atoms with Gasteiger partial charge in [-0.15, -0.1) is 0 Å². The van der Waals surface area contributed by atoms with Gasteiger partial charge in [-0.3, -0.25) is 4.79 Å². The summed E-state index contributed by atoms with van der Waals surface area (Å²) in [7, 11) is 0. The summed E-state index contributed by atoms with van der Waals surface area (Å²) in [5.74, 6) is -0.392. The molecule has 15 heavy (non-hydrogen) atoms. The summed E-state index contributed by atoms with van der Waals surface area (Å²) in [4.78, 5) is 12.6. The van der Waals surface area contributed by atoms with Gasteiger partial charge in [0.05, 0.1) is 17.9 Å². The molecule has 0 unspecified atom stereocenters. The number of rotatable bonds is 4. The number of halogens is 1. The van der Waals surface area contributed by atoms with E-state index < -0.39 is 5.91 Å². The molecule has 1 amide bonds. The number of nitrogen functional groups attached to an aromatic ring is 1. The Hall–Kier alpha value is -1.42. The minimum atomic E-state index is -0.392. The number of carbonyl (C=O) groups excluding carboxylic acids is 1. The van der Waals surface area contributed by atoms with Crippen molar-refractivity contribution in [1.82, 2.24) is 0 Å². The minimum Gasteiger partial charge on any atom is -0.397 e. The van der Waals surface area contributed by atoms with E-state index in [1.807, 2.05) is 6.92 Å². The summed E-state index contributed by atoms with van der Waals surface area (Å²) in [5.41, 5.74) is 12.3. The second-order valence-electron chi connectivity index (χ2n) is 3.18. The summed E-state index contributed by atoms with van der Waals surface area (Å²) in [6.07, 6.45) is 0. The smallest absolute Gasteiger partial charge is 0.236 e. The Labute approximate surface area is 93.8 Å². The van der Waals surface area contributed by atoms with Crippen LogP contribution in [0.5, 0.6) is 0 Å². The number of nitrogens with two attached hydrogens (primary N) is 2. The van der Waals surface area contributed by atoms with Crippen LogP contribution in [0.2, 0.25) is 5.02 Å². The fraction of sp³-hybridized carbons (Fsp3) is 0.300. The van der Waals surface area contributed by atoms with Crippen molar-refractivity contribution in [3.05, 3.63) is 23.2 Å². The first-order valence-corrected chi connectivity index (χ1v) is 5.00. The van der Waals surface area contributed by atoms with Crippen LogP contribution in [0.25, 0.3) is 0 Å². The third-order valence-electron chi connectivity index (χ3n) is 2.06. The maximum Gasteiger partial charge on any atom is 0.236 e. The zero-order chi connectivity index (χ0) is 11.4. The zero-order valence-electron chi connectivity index (χ0n) is 8.53. The van der Waals surface area contributed by atoms with Gasteiger partial charge in [-0.2, -0.15) is 0 Å². The summed E-state index contributed by atoms with van der Waals surface area (Å²) in [5, 5.41) is 0.585. The molecule has 0 saturated carbocycles. The fourth-order valence-electron chi connectivity index (χ4n) is 1.35. The number of hydrogen-bond acceptors (Lipinski definition) is 3. The average molecular weight is 228 g/mol. The molecule has 0 aromatic heterocycles. The fourth-order valence-corrected chi connectivity index (χ4v) is 1.51. The lowest BCUT2D eigenvalue weighted by molar-refractivity contribution is -0.116. The number of carbonyl (C=O) groups is 1. The molecule has 0 aliphatic heterocycles. The van der Waals surface area contributed by atoms with Crippen LogP contribution in [-0.4, -0.2) is 19.0 Å². The predicted molar refractivity (Wildman–Crippen MR) is 62.9 cm³/mol. The molecular formula is C10H14ClN3O. The van der Waals surface area contributed by atoms with Crippen LogP contribution in [0.4, 0.5) is 11.4 Å². The van der Waals surface area contributed by atoms with E-state index in [0.29, 0.717) is 17.3 Å². The standard InChI is InChI=1S/C10H14ClN3O/c1-2-14(6-10(13)15)9-5-7(11)3-4-8(9)12/h3-5H,2,6,12H2,1H3,(H2,13,15). The van der Waals surface area contributed by atoms with Crippen molar-refractivity contribution in [3.63, 3.8) is 0 Å². The van der Waals surface area contributed by atoms with Gasteiger partial charge < -0.3 is 16.4 Å². The second kappa shape index (κ2) is 4.89. The number of anilines is 2. The highest BCUT2D eigenvalue weighted by Gasteiger charge is 2.10. The van der Waals surface area contributed by atoms with Crippen molar-refractivity contribution in [1.29, 1.82) is 0 Å². The summed E-state index contributed by atoms with van der Waals surface area (Å²) < 4.78 is 0. The van der Waals surface area contributed by atoms with E-state index in [2.05, 4.69) is 0 Å². The van der Waals surface area contributed by atoms with Gasteiger partial charge in [0, 0.05) is 11.6 Å². The van der Waals surface area contributed by atoms with E-state index >= 15 is 0 Å². The largest absolute Gasteiger partial charge is 0.397 e. The van der Waals surface area contributed by atoms with Gasteiger partial charge in [0.15, 0.2) is 0 Å². The topological polar surface area (TPSA) is 72.3 Å². The molecule has 0 saturated heterocycles. The third kappa shape index (κ3) is 3.02. The van der Waals surface area contributed by atoms with Crippen LogP contribution in [-0.2, 0) is 4.79 Å². The summed E-state index contributed by atoms with van der Waals surface area (Å²) >= 11 is 5.86. The molecule has 1 aromatic rings. The molecule has 4 nitrogen and oxygen atoms in total. The Balaban J connectivity index is 3.00. The van der Waals surface area contributed by atoms with Crippen LogP contribution in [0.15, 0.2) is 18.2 Å². The molecule has 0 fully saturated rings. The Bertz CT molecular complexity index is 368. The monoisotopic (exact) mass is 227 g/mol. The number of benzene rings is 1. The normalized spacial score (nSPS) is 10.0. The van der Waals surface area contributed by atoms with E-state index in [1.165, 1.54) is 0 Å². The Morgan fingerprint density at radius 2 is 2.20 bits per heavy atom. The van der Waals surface area contributed by atoms with Crippen LogP contribution in [0.3, 0.4) is 0 Å². The lowest BCUT2D eigenvalue weighted by atomic mass is 10.2. The lowest BCUT2D eigenvalue weighted by Crippen LogP contribution is -2.34. The summed E-state index contributed by atoms with van der Waals surface area (Å²) in [6, 6.07) is 5.14. The molecule has 0 aliphatic carbocycles. The van der Waals surface area contributed by atoms with Crippen molar-refractivity contribution in [2.45, 2.75) is 6.92 Å². The number of likely N-dealkylation sites (N-methyl/N-ethyl adjacent to an activating group) is 1. The van der Waals surface area contributed by atoms with Crippen LogP contribution in [0.1, 0.15) is 6.92 Å². The number of amides is 1. The highest BCUT2D eigenvalue weighted by atomic mass is 35.5. The van der Waals surface area contributed by atoms with E-state index in [9.17, 15) is 4.79 Å². The maximum atomic E-state index is 10.8. The number of hydrogen-bond donors (Lipinski definition) is 2. The van der Waals surface area contributed by atoms with Gasteiger partial charge in [-0.25, -0.2) is 0 Å². The molecule has 0 heterocycles. The number of primary amides is 1. The molecule has 1 aromatic carbocycles. The van der Waals surface area contributed by atoms with Gasteiger partial charge in [0.2, 0.25) is 5.91 Å². The Kier molecular flexibility index (Phi) is 3.80. The van der Waals surface area contributed by atoms with Crippen molar-refractivity contribution >= 4 is 28.9 Å². The Morgan fingerprint density at radius 1 is 1.53 bits per heavy atom. The van der Waals surface area contributed by atoms with Crippen molar-refractivity contribution in [2.24, 2.45) is 5.73 Å². The molecule has 0 atom stereocenters. The lowest BCUT2D eigenvalue weighted by Gasteiger charge is -2.23. The quantitative estimate of drug-likeness (QED) is 0.760. The molecule has 4 N–H and O–H groups in total. The van der Waals surface area contributed by atoms with Crippen molar-refractivity contribution in [3.8, 4) is 0 Å². The van der Waals surface area contributed by atoms with Gasteiger partial charge >= 0.3 is 0 Å². The van der Waals surface area contributed by atoms with E-state index in [-0.39, 0.29) is 6.54 Å². The van der Waals surface area contributed by atoms with Gasteiger partial charge in [0.1, 0.15) is 0 Å². The summed E-state index contributed by atoms with van der Waals surface area (Å²) in [6.45, 7) is 2.71. The first-order chi connectivity index (χ1) is 7.04. The molecule has 0 aliphatic rings. The number of nitrogens with zero attached hydrogens (tertiary/aromatic N) is 1. The maximum absolute atomic E-state index is 10.8.